The smallest absolute Gasteiger partial charge is 0.330 e. The second-order valence-corrected chi connectivity index (χ2v) is 4.79. The summed E-state index contributed by atoms with van der Waals surface area (Å²) in [7, 11) is 1.93. The minimum Gasteiger partial charge on any atom is -0.367 e. The molecule has 1 fully saturated rings. The number of hydroxylamine groups is 2. The summed E-state index contributed by atoms with van der Waals surface area (Å²) < 4.78 is 0. The molecule has 4 heteroatoms. The molecule has 0 unspecified atom stereocenters. The fourth-order valence-electron chi connectivity index (χ4n) is 1.30. The molecule has 0 aromatic rings. The standard InChI is InChI=1S/C10H20N2O2/c1-10(2,3)9(13)14-12-6-5-8(7-12)11-4/h8,11H,5-7H2,1-4H3/t8-/m0/s1. The maximum Gasteiger partial charge on any atom is 0.330 e. The molecule has 4 nitrogen and oxygen atoms in total. The topological polar surface area (TPSA) is 41.6 Å². The van der Waals surface area contributed by atoms with Gasteiger partial charge in [-0.15, -0.1) is 5.06 Å². The van der Waals surface area contributed by atoms with Gasteiger partial charge >= 0.3 is 5.97 Å². The van der Waals surface area contributed by atoms with Crippen LogP contribution in [0.2, 0.25) is 0 Å². The average Bonchev–Trinajstić information content (AvgIpc) is 2.50. The summed E-state index contributed by atoms with van der Waals surface area (Å²) >= 11 is 0. The van der Waals surface area contributed by atoms with Crippen molar-refractivity contribution >= 4 is 5.97 Å². The molecule has 14 heavy (non-hydrogen) atoms. The summed E-state index contributed by atoms with van der Waals surface area (Å²) in [4.78, 5) is 16.8. The van der Waals surface area contributed by atoms with Crippen molar-refractivity contribution in [3.05, 3.63) is 0 Å². The van der Waals surface area contributed by atoms with Crippen molar-refractivity contribution in [2.45, 2.75) is 33.2 Å². The van der Waals surface area contributed by atoms with Crippen molar-refractivity contribution in [1.29, 1.82) is 0 Å². The minimum atomic E-state index is -0.419. The van der Waals surface area contributed by atoms with Crippen LogP contribution in [-0.4, -0.2) is 37.2 Å². The van der Waals surface area contributed by atoms with Gasteiger partial charge in [-0.2, -0.15) is 0 Å². The maximum absolute atomic E-state index is 11.5. The number of carbonyl (C=O) groups is 1. The molecule has 1 saturated heterocycles. The molecular weight excluding hydrogens is 180 g/mol. The van der Waals surface area contributed by atoms with Gasteiger partial charge in [-0.3, -0.25) is 0 Å². The van der Waals surface area contributed by atoms with E-state index >= 15 is 0 Å². The highest BCUT2D eigenvalue weighted by Gasteiger charge is 2.29. The number of hydrogen-bond acceptors (Lipinski definition) is 4. The van der Waals surface area contributed by atoms with Crippen LogP contribution in [0, 0.1) is 5.41 Å². The predicted molar refractivity (Wildman–Crippen MR) is 54.6 cm³/mol. The van der Waals surface area contributed by atoms with Gasteiger partial charge in [-0.05, 0) is 34.2 Å². The Morgan fingerprint density at radius 3 is 2.57 bits per heavy atom. The third-order valence-corrected chi connectivity index (χ3v) is 2.38. The Bertz CT molecular complexity index is 211. The number of nitrogens with zero attached hydrogens (tertiary/aromatic N) is 1. The summed E-state index contributed by atoms with van der Waals surface area (Å²) in [5.74, 6) is -0.158. The number of nitrogens with one attached hydrogen (secondary N) is 1. The lowest BCUT2D eigenvalue weighted by atomic mass is 9.98. The molecule has 1 heterocycles. The number of hydrogen-bond donors (Lipinski definition) is 1. The minimum absolute atomic E-state index is 0.158. The zero-order valence-corrected chi connectivity index (χ0v) is 9.46. The molecular formula is C10H20N2O2. The zero-order valence-electron chi connectivity index (χ0n) is 9.46. The first-order valence-corrected chi connectivity index (χ1v) is 5.08. The van der Waals surface area contributed by atoms with Crippen LogP contribution < -0.4 is 5.32 Å². The monoisotopic (exact) mass is 200 g/mol. The highest BCUT2D eigenvalue weighted by atomic mass is 16.7. The van der Waals surface area contributed by atoms with Crippen LogP contribution in [0.3, 0.4) is 0 Å². The first-order valence-electron chi connectivity index (χ1n) is 5.08. The molecule has 0 bridgehead atoms. The summed E-state index contributed by atoms with van der Waals surface area (Å²) in [6.07, 6.45) is 1.04. The van der Waals surface area contributed by atoms with Crippen molar-refractivity contribution in [3.63, 3.8) is 0 Å². The highest BCUT2D eigenvalue weighted by molar-refractivity contribution is 5.75. The first kappa shape index (κ1) is 11.5. The van der Waals surface area contributed by atoms with E-state index < -0.39 is 5.41 Å². The Kier molecular flexibility index (Phi) is 3.50. The molecule has 1 atom stereocenters. The van der Waals surface area contributed by atoms with Gasteiger partial charge in [-0.1, -0.05) is 0 Å². The second kappa shape index (κ2) is 4.28. The lowest BCUT2D eigenvalue weighted by Crippen LogP contribution is -2.34. The number of rotatable bonds is 2. The molecule has 0 aliphatic carbocycles. The van der Waals surface area contributed by atoms with Crippen LogP contribution >= 0.6 is 0 Å². The normalized spacial score (nSPS) is 23.9. The molecule has 0 radical (unpaired) electrons. The Morgan fingerprint density at radius 2 is 2.14 bits per heavy atom. The molecule has 0 saturated carbocycles. The van der Waals surface area contributed by atoms with Gasteiger partial charge in [0.25, 0.3) is 0 Å². The summed E-state index contributed by atoms with van der Waals surface area (Å²) in [6, 6.07) is 0.447. The van der Waals surface area contributed by atoms with Crippen LogP contribution in [0.15, 0.2) is 0 Å². The van der Waals surface area contributed by atoms with E-state index in [1.807, 2.05) is 27.8 Å². The van der Waals surface area contributed by atoms with Gasteiger partial charge in [0.05, 0.1) is 12.0 Å². The van der Waals surface area contributed by atoms with Crippen molar-refractivity contribution in [2.75, 3.05) is 20.1 Å². The summed E-state index contributed by atoms with van der Waals surface area (Å²) in [5.41, 5.74) is -0.419. The molecule has 82 valence electrons. The zero-order chi connectivity index (χ0) is 10.8. The summed E-state index contributed by atoms with van der Waals surface area (Å²) in [6.45, 7) is 7.20. The molecule has 0 amide bonds. The van der Waals surface area contributed by atoms with Crippen molar-refractivity contribution in [1.82, 2.24) is 10.4 Å². The highest BCUT2D eigenvalue weighted by Crippen LogP contribution is 2.18. The van der Waals surface area contributed by atoms with E-state index in [1.54, 1.807) is 5.06 Å². The van der Waals surface area contributed by atoms with Gasteiger partial charge in [0.15, 0.2) is 0 Å². The van der Waals surface area contributed by atoms with E-state index in [4.69, 9.17) is 4.84 Å². The molecule has 0 aromatic heterocycles. The molecule has 1 N–H and O–H groups in total. The molecule has 0 spiro atoms. The van der Waals surface area contributed by atoms with Crippen LogP contribution in [0.5, 0.6) is 0 Å². The van der Waals surface area contributed by atoms with Gasteiger partial charge in [0.2, 0.25) is 0 Å². The summed E-state index contributed by atoms with van der Waals surface area (Å²) in [5, 5.41) is 4.92. The van der Waals surface area contributed by atoms with Gasteiger partial charge in [0, 0.05) is 12.6 Å². The van der Waals surface area contributed by atoms with Gasteiger partial charge in [-0.25, -0.2) is 4.79 Å². The maximum atomic E-state index is 11.5. The van der Waals surface area contributed by atoms with Crippen LogP contribution in [0.1, 0.15) is 27.2 Å². The van der Waals surface area contributed by atoms with E-state index in [1.165, 1.54) is 0 Å². The third kappa shape index (κ3) is 2.96. The largest absolute Gasteiger partial charge is 0.367 e. The van der Waals surface area contributed by atoms with Crippen LogP contribution in [0.4, 0.5) is 0 Å². The molecule has 0 aromatic carbocycles. The molecule has 1 aliphatic rings. The lowest BCUT2D eigenvalue weighted by molar-refractivity contribution is -0.195. The van der Waals surface area contributed by atoms with E-state index in [9.17, 15) is 4.79 Å². The Hall–Kier alpha value is -0.610. The molecule has 1 aliphatic heterocycles. The first-order chi connectivity index (χ1) is 6.43. The SMILES string of the molecule is CN[C@H]1CCN(OC(=O)C(C)(C)C)C1. The second-order valence-electron chi connectivity index (χ2n) is 4.79. The number of carbonyl (C=O) groups excluding carboxylic acids is 1. The van der Waals surface area contributed by atoms with E-state index in [0.717, 1.165) is 19.5 Å². The quantitative estimate of drug-likeness (QED) is 0.715. The number of likely N-dealkylation sites (N-methyl/N-ethyl adjacent to an activating group) is 1. The van der Waals surface area contributed by atoms with Gasteiger partial charge in [0.1, 0.15) is 0 Å². The Morgan fingerprint density at radius 1 is 1.50 bits per heavy atom. The fraction of sp³-hybridized carbons (Fsp3) is 0.900. The van der Waals surface area contributed by atoms with E-state index in [0.29, 0.717) is 6.04 Å². The Balaban J connectivity index is 2.36. The average molecular weight is 200 g/mol. The predicted octanol–water partition coefficient (Wildman–Crippen LogP) is 0.784. The van der Waals surface area contributed by atoms with Crippen molar-refractivity contribution in [2.24, 2.45) is 5.41 Å². The fourth-order valence-corrected chi connectivity index (χ4v) is 1.30. The van der Waals surface area contributed by atoms with E-state index in [2.05, 4.69) is 5.32 Å². The third-order valence-electron chi connectivity index (χ3n) is 2.38. The van der Waals surface area contributed by atoms with Crippen LogP contribution in [-0.2, 0) is 9.63 Å². The molecule has 1 rings (SSSR count). The van der Waals surface area contributed by atoms with Crippen LogP contribution in [0.25, 0.3) is 0 Å². The Labute approximate surface area is 85.6 Å². The van der Waals surface area contributed by atoms with Crippen molar-refractivity contribution in [3.8, 4) is 0 Å². The van der Waals surface area contributed by atoms with Gasteiger partial charge < -0.3 is 10.2 Å². The van der Waals surface area contributed by atoms with E-state index in [-0.39, 0.29) is 5.97 Å². The van der Waals surface area contributed by atoms with Crippen molar-refractivity contribution < 1.29 is 9.63 Å². The lowest BCUT2D eigenvalue weighted by Gasteiger charge is -2.21.